The first kappa shape index (κ1) is 16.7. The lowest BCUT2D eigenvalue weighted by molar-refractivity contribution is -0.120. The normalized spacial score (nSPS) is 27.2. The molecular weight excluding hydrogens is 328 g/mol. The average Bonchev–Trinajstić information content (AvgIpc) is 3.07. The molecule has 1 aromatic heterocycles. The van der Waals surface area contributed by atoms with Crippen molar-refractivity contribution in [2.45, 2.75) is 19.4 Å². The monoisotopic (exact) mass is 346 g/mol. The van der Waals surface area contributed by atoms with Gasteiger partial charge in [0.05, 0.1) is 5.92 Å². The molecule has 1 heterocycles. The summed E-state index contributed by atoms with van der Waals surface area (Å²) in [6.07, 6.45) is 5.18. The SMILES string of the molecule is Cc1cc(=O)oc2cc(NC(=O)[C@H]3[C@@H](N)[C@H]4C=C[C@@H]3C4)ccc12.Cl. The number of benzene rings is 1. The highest BCUT2D eigenvalue weighted by atomic mass is 35.5. The molecule has 2 aromatic rings. The fraction of sp³-hybridized carbons (Fsp3) is 0.333. The summed E-state index contributed by atoms with van der Waals surface area (Å²) in [6, 6.07) is 6.70. The van der Waals surface area contributed by atoms with Crippen LogP contribution in [0.25, 0.3) is 11.0 Å². The van der Waals surface area contributed by atoms with E-state index >= 15 is 0 Å². The van der Waals surface area contributed by atoms with Crippen LogP contribution in [0, 0.1) is 24.7 Å². The summed E-state index contributed by atoms with van der Waals surface area (Å²) < 4.78 is 5.22. The molecule has 0 aliphatic heterocycles. The maximum absolute atomic E-state index is 12.6. The van der Waals surface area contributed by atoms with Crippen molar-refractivity contribution < 1.29 is 9.21 Å². The summed E-state index contributed by atoms with van der Waals surface area (Å²) in [6.45, 7) is 1.86. The molecule has 126 valence electrons. The third-order valence-corrected chi connectivity index (χ3v) is 5.04. The van der Waals surface area contributed by atoms with Crippen molar-refractivity contribution in [1.29, 1.82) is 0 Å². The van der Waals surface area contributed by atoms with E-state index in [0.29, 0.717) is 17.2 Å². The predicted molar refractivity (Wildman–Crippen MR) is 95.3 cm³/mol. The molecule has 1 saturated carbocycles. The number of anilines is 1. The minimum absolute atomic E-state index is 0. The van der Waals surface area contributed by atoms with Crippen LogP contribution in [0.15, 0.2) is 45.6 Å². The number of hydrogen-bond donors (Lipinski definition) is 2. The van der Waals surface area contributed by atoms with Gasteiger partial charge in [-0.25, -0.2) is 4.79 Å². The van der Waals surface area contributed by atoms with E-state index in [-0.39, 0.29) is 36.2 Å². The maximum atomic E-state index is 12.6. The fourth-order valence-electron chi connectivity index (χ4n) is 3.86. The Labute approximate surface area is 145 Å². The minimum atomic E-state index is -0.390. The van der Waals surface area contributed by atoms with Gasteiger partial charge in [0.25, 0.3) is 0 Å². The molecule has 3 N–H and O–H groups in total. The quantitative estimate of drug-likeness (QED) is 0.646. The summed E-state index contributed by atoms with van der Waals surface area (Å²) in [5, 5.41) is 3.78. The van der Waals surface area contributed by atoms with E-state index in [9.17, 15) is 9.59 Å². The van der Waals surface area contributed by atoms with E-state index in [4.69, 9.17) is 10.2 Å². The molecule has 1 fully saturated rings. The second-order valence-electron chi connectivity index (χ2n) is 6.50. The topological polar surface area (TPSA) is 85.3 Å². The van der Waals surface area contributed by atoms with E-state index in [0.717, 1.165) is 17.4 Å². The van der Waals surface area contributed by atoms with Gasteiger partial charge in [-0.05, 0) is 42.9 Å². The van der Waals surface area contributed by atoms with Crippen molar-refractivity contribution in [3.05, 3.63) is 52.4 Å². The zero-order valence-electron chi connectivity index (χ0n) is 13.2. The van der Waals surface area contributed by atoms with Crippen LogP contribution in [0.1, 0.15) is 12.0 Å². The van der Waals surface area contributed by atoms with Gasteiger partial charge in [0.1, 0.15) is 5.58 Å². The van der Waals surface area contributed by atoms with Crippen molar-refractivity contribution in [1.82, 2.24) is 0 Å². The highest BCUT2D eigenvalue weighted by molar-refractivity contribution is 5.96. The zero-order chi connectivity index (χ0) is 16.1. The number of hydrogen-bond acceptors (Lipinski definition) is 4. The first-order valence-corrected chi connectivity index (χ1v) is 7.82. The van der Waals surface area contributed by atoms with Crippen molar-refractivity contribution in [3.8, 4) is 0 Å². The molecule has 0 saturated heterocycles. The molecule has 6 heteroatoms. The first-order valence-electron chi connectivity index (χ1n) is 7.82. The smallest absolute Gasteiger partial charge is 0.336 e. The molecule has 4 atom stereocenters. The Morgan fingerprint density at radius 3 is 2.71 bits per heavy atom. The van der Waals surface area contributed by atoms with Gasteiger partial charge >= 0.3 is 5.63 Å². The van der Waals surface area contributed by atoms with Gasteiger partial charge in [0.2, 0.25) is 5.91 Å². The third kappa shape index (κ3) is 2.64. The Kier molecular flexibility index (Phi) is 4.24. The number of fused-ring (bicyclic) bond motifs is 3. The number of rotatable bonds is 2. The minimum Gasteiger partial charge on any atom is -0.423 e. The fourth-order valence-corrected chi connectivity index (χ4v) is 3.86. The van der Waals surface area contributed by atoms with Crippen molar-refractivity contribution >= 4 is 35.0 Å². The number of nitrogens with one attached hydrogen (secondary N) is 1. The molecule has 2 bridgehead atoms. The number of aryl methyl sites for hydroxylation is 1. The van der Waals surface area contributed by atoms with Crippen molar-refractivity contribution in [2.75, 3.05) is 5.32 Å². The largest absolute Gasteiger partial charge is 0.423 e. The molecule has 2 aliphatic rings. The number of allylic oxidation sites excluding steroid dienone is 1. The standard InChI is InChI=1S/C18H18N2O3.ClH/c1-9-6-15(21)23-14-8-12(4-5-13(9)14)20-18(22)16-10-2-3-11(7-10)17(16)19;/h2-6,8,10-11,16-17H,7,19H2,1H3,(H,20,22);1H/t10-,11+,16-,17+;/m1./s1. The summed E-state index contributed by atoms with van der Waals surface area (Å²) in [5.74, 6) is 0.289. The maximum Gasteiger partial charge on any atom is 0.336 e. The molecule has 1 amide bonds. The summed E-state index contributed by atoms with van der Waals surface area (Å²) in [5.41, 5.74) is 7.74. The van der Waals surface area contributed by atoms with Gasteiger partial charge in [-0.15, -0.1) is 12.4 Å². The Morgan fingerprint density at radius 1 is 1.25 bits per heavy atom. The summed E-state index contributed by atoms with van der Waals surface area (Å²) in [7, 11) is 0. The molecule has 0 spiro atoms. The van der Waals surface area contributed by atoms with Gasteiger partial charge in [-0.3, -0.25) is 4.79 Å². The van der Waals surface area contributed by atoms with Crippen LogP contribution < -0.4 is 16.7 Å². The Morgan fingerprint density at radius 2 is 2.00 bits per heavy atom. The number of nitrogens with two attached hydrogens (primary N) is 1. The lowest BCUT2D eigenvalue weighted by Gasteiger charge is -2.23. The molecule has 2 aliphatic carbocycles. The molecule has 5 nitrogen and oxygen atoms in total. The van der Waals surface area contributed by atoms with Crippen LogP contribution in [-0.4, -0.2) is 11.9 Å². The first-order chi connectivity index (χ1) is 11.0. The van der Waals surface area contributed by atoms with Crippen LogP contribution in [0.3, 0.4) is 0 Å². The van der Waals surface area contributed by atoms with Gasteiger partial charge in [0.15, 0.2) is 0 Å². The Balaban J connectivity index is 0.00000169. The van der Waals surface area contributed by atoms with E-state index in [2.05, 4.69) is 17.5 Å². The lowest BCUT2D eigenvalue weighted by atomic mass is 9.88. The van der Waals surface area contributed by atoms with Gasteiger partial charge < -0.3 is 15.5 Å². The number of halogens is 1. The highest BCUT2D eigenvalue weighted by Crippen LogP contribution is 2.43. The number of carbonyl (C=O) groups excluding carboxylic acids is 1. The Bertz CT molecular complexity index is 889. The molecule has 1 aromatic carbocycles. The van der Waals surface area contributed by atoms with Gasteiger partial charge in [0, 0.05) is 29.2 Å². The van der Waals surface area contributed by atoms with E-state index < -0.39 is 5.63 Å². The van der Waals surface area contributed by atoms with Crippen LogP contribution in [-0.2, 0) is 4.79 Å². The summed E-state index contributed by atoms with van der Waals surface area (Å²) in [4.78, 5) is 24.1. The van der Waals surface area contributed by atoms with Crippen LogP contribution >= 0.6 is 12.4 Å². The zero-order valence-corrected chi connectivity index (χ0v) is 14.0. The van der Waals surface area contributed by atoms with E-state index in [1.807, 2.05) is 19.1 Å². The predicted octanol–water partition coefficient (Wildman–Crippen LogP) is 2.61. The van der Waals surface area contributed by atoms with E-state index in [1.54, 1.807) is 6.07 Å². The van der Waals surface area contributed by atoms with Crippen LogP contribution in [0.5, 0.6) is 0 Å². The Hall–Kier alpha value is -2.11. The third-order valence-electron chi connectivity index (χ3n) is 5.04. The second kappa shape index (κ2) is 6.07. The molecular formula is C18H19ClN2O3. The highest BCUT2D eigenvalue weighted by Gasteiger charge is 2.46. The molecule has 0 radical (unpaired) electrons. The lowest BCUT2D eigenvalue weighted by Crippen LogP contribution is -2.41. The molecule has 4 rings (SSSR count). The van der Waals surface area contributed by atoms with Crippen molar-refractivity contribution in [2.24, 2.45) is 23.5 Å². The molecule has 24 heavy (non-hydrogen) atoms. The summed E-state index contributed by atoms with van der Waals surface area (Å²) >= 11 is 0. The van der Waals surface area contributed by atoms with Crippen LogP contribution in [0.4, 0.5) is 5.69 Å². The molecule has 0 unspecified atom stereocenters. The van der Waals surface area contributed by atoms with Crippen LogP contribution in [0.2, 0.25) is 0 Å². The number of amides is 1. The van der Waals surface area contributed by atoms with E-state index in [1.165, 1.54) is 6.07 Å². The van der Waals surface area contributed by atoms with Gasteiger partial charge in [-0.2, -0.15) is 0 Å². The van der Waals surface area contributed by atoms with Crippen molar-refractivity contribution in [3.63, 3.8) is 0 Å². The average molecular weight is 347 g/mol. The van der Waals surface area contributed by atoms with Gasteiger partial charge in [-0.1, -0.05) is 12.2 Å². The number of carbonyl (C=O) groups is 1. The second-order valence-corrected chi connectivity index (χ2v) is 6.50.